The van der Waals surface area contributed by atoms with Crippen LogP contribution in [0, 0.1) is 0 Å². The molecular weight excluding hydrogens is 426 g/mol. The van der Waals surface area contributed by atoms with E-state index in [1.807, 2.05) is 0 Å². The zero-order chi connectivity index (χ0) is 21.9. The highest BCUT2D eigenvalue weighted by atomic mass is 35.5. The first-order chi connectivity index (χ1) is 14.4. The van der Waals surface area contributed by atoms with Crippen LogP contribution in [0.2, 0.25) is 5.02 Å². The van der Waals surface area contributed by atoms with Crippen LogP contribution in [-0.2, 0) is 14.4 Å². The maximum absolute atomic E-state index is 12.4. The highest BCUT2D eigenvalue weighted by Gasteiger charge is 2.28. The molecule has 0 unspecified atom stereocenters. The van der Waals surface area contributed by atoms with Crippen LogP contribution >= 0.6 is 23.4 Å². The molecular formula is C21H28ClN3O4S. The SMILES string of the molecule is CCCCCCCCN1C(=O)CC(=O)N=C1SCC(=O)Nc1cc(Cl)ccc1OC. The van der Waals surface area contributed by atoms with Crippen LogP contribution in [0.5, 0.6) is 5.75 Å². The molecule has 164 valence electrons. The Kier molecular flexibility index (Phi) is 10.2. The number of halogens is 1. The largest absolute Gasteiger partial charge is 0.495 e. The number of nitrogens with one attached hydrogen (secondary N) is 1. The molecule has 0 fully saturated rings. The van der Waals surface area contributed by atoms with Gasteiger partial charge in [-0.2, -0.15) is 4.99 Å². The van der Waals surface area contributed by atoms with Gasteiger partial charge in [0.2, 0.25) is 11.8 Å². The van der Waals surface area contributed by atoms with Crippen molar-refractivity contribution in [3.63, 3.8) is 0 Å². The van der Waals surface area contributed by atoms with Gasteiger partial charge in [0, 0.05) is 11.6 Å². The van der Waals surface area contributed by atoms with Crippen LogP contribution in [0.15, 0.2) is 23.2 Å². The van der Waals surface area contributed by atoms with E-state index in [0.717, 1.165) is 31.0 Å². The lowest BCUT2D eigenvalue weighted by Gasteiger charge is -2.26. The zero-order valence-electron chi connectivity index (χ0n) is 17.4. The Morgan fingerprint density at radius 1 is 1.23 bits per heavy atom. The molecule has 3 amide bonds. The first-order valence-electron chi connectivity index (χ1n) is 10.1. The molecule has 1 aromatic carbocycles. The summed E-state index contributed by atoms with van der Waals surface area (Å²) in [7, 11) is 1.50. The third-order valence-corrected chi connectivity index (χ3v) is 5.77. The number of nitrogens with zero attached hydrogens (tertiary/aromatic N) is 2. The molecule has 30 heavy (non-hydrogen) atoms. The lowest BCUT2D eigenvalue weighted by Crippen LogP contribution is -2.41. The van der Waals surface area contributed by atoms with Gasteiger partial charge in [-0.25, -0.2) is 0 Å². The van der Waals surface area contributed by atoms with Gasteiger partial charge in [0.1, 0.15) is 12.2 Å². The molecule has 7 nitrogen and oxygen atoms in total. The Labute approximate surface area is 186 Å². The average Bonchev–Trinajstić information content (AvgIpc) is 2.70. The molecule has 1 aliphatic rings. The molecule has 1 aromatic rings. The number of anilines is 1. The summed E-state index contributed by atoms with van der Waals surface area (Å²) in [6, 6.07) is 4.92. The molecule has 0 aromatic heterocycles. The predicted molar refractivity (Wildman–Crippen MR) is 121 cm³/mol. The normalized spacial score (nSPS) is 14.0. The molecule has 9 heteroatoms. The average molecular weight is 454 g/mol. The van der Waals surface area contributed by atoms with Gasteiger partial charge < -0.3 is 10.1 Å². The number of aliphatic imine (C=N–C) groups is 1. The topological polar surface area (TPSA) is 88.1 Å². The Balaban J connectivity index is 1.91. The molecule has 0 atom stereocenters. The van der Waals surface area contributed by atoms with Gasteiger partial charge in [-0.15, -0.1) is 0 Å². The van der Waals surface area contributed by atoms with Crippen LogP contribution in [0.1, 0.15) is 51.9 Å². The van der Waals surface area contributed by atoms with E-state index >= 15 is 0 Å². The lowest BCUT2D eigenvalue weighted by molar-refractivity contribution is -0.133. The minimum absolute atomic E-state index is 0.00204. The van der Waals surface area contributed by atoms with Crippen molar-refractivity contribution < 1.29 is 19.1 Å². The maximum Gasteiger partial charge on any atom is 0.257 e. The van der Waals surface area contributed by atoms with E-state index in [9.17, 15) is 14.4 Å². The minimum Gasteiger partial charge on any atom is -0.495 e. The Morgan fingerprint density at radius 3 is 2.70 bits per heavy atom. The number of amidine groups is 1. The summed E-state index contributed by atoms with van der Waals surface area (Å²) in [5.74, 6) is -0.556. The van der Waals surface area contributed by atoms with E-state index in [1.165, 1.54) is 31.3 Å². The van der Waals surface area contributed by atoms with Gasteiger partial charge in [0.25, 0.3) is 5.91 Å². The summed E-state index contributed by atoms with van der Waals surface area (Å²) in [5, 5.41) is 3.50. The van der Waals surface area contributed by atoms with E-state index in [0.29, 0.717) is 23.0 Å². The van der Waals surface area contributed by atoms with Gasteiger partial charge in [0.05, 0.1) is 18.6 Å². The predicted octanol–water partition coefficient (Wildman–Crippen LogP) is 4.50. The fourth-order valence-corrected chi connectivity index (χ4v) is 4.03. The second-order valence-electron chi connectivity index (χ2n) is 6.96. The van der Waals surface area contributed by atoms with Gasteiger partial charge in [-0.3, -0.25) is 19.3 Å². The van der Waals surface area contributed by atoms with Crippen LogP contribution in [0.25, 0.3) is 0 Å². The highest BCUT2D eigenvalue weighted by Crippen LogP contribution is 2.28. The van der Waals surface area contributed by atoms with Crippen LogP contribution in [-0.4, -0.2) is 47.2 Å². The van der Waals surface area contributed by atoms with Gasteiger partial charge in [-0.05, 0) is 24.6 Å². The molecule has 1 heterocycles. The quantitative estimate of drug-likeness (QED) is 0.393. The maximum atomic E-state index is 12.4. The second-order valence-corrected chi connectivity index (χ2v) is 8.34. The van der Waals surface area contributed by atoms with Crippen molar-refractivity contribution >= 4 is 51.9 Å². The number of ether oxygens (including phenoxy) is 1. The third-order valence-electron chi connectivity index (χ3n) is 4.56. The number of benzene rings is 1. The smallest absolute Gasteiger partial charge is 0.257 e. The highest BCUT2D eigenvalue weighted by molar-refractivity contribution is 8.14. The molecule has 0 spiro atoms. The molecule has 0 radical (unpaired) electrons. The van der Waals surface area contributed by atoms with E-state index in [1.54, 1.807) is 18.2 Å². The lowest BCUT2D eigenvalue weighted by atomic mass is 10.1. The number of unbranched alkanes of at least 4 members (excludes halogenated alkanes) is 5. The number of rotatable bonds is 11. The van der Waals surface area contributed by atoms with Crippen molar-refractivity contribution in [3.05, 3.63) is 23.2 Å². The van der Waals surface area contributed by atoms with Crippen molar-refractivity contribution in [2.24, 2.45) is 4.99 Å². The van der Waals surface area contributed by atoms with Crippen molar-refractivity contribution in [3.8, 4) is 5.75 Å². The van der Waals surface area contributed by atoms with E-state index in [4.69, 9.17) is 16.3 Å². The first kappa shape index (κ1) is 24.2. The molecule has 1 aliphatic heterocycles. The number of thioether (sulfide) groups is 1. The summed E-state index contributed by atoms with van der Waals surface area (Å²) in [6.45, 7) is 2.68. The standard InChI is InChI=1S/C21H28ClN3O4S/c1-3-4-5-6-7-8-11-25-20(28)13-18(26)24-21(25)30-14-19(27)23-16-12-15(22)9-10-17(16)29-2/h9-10,12H,3-8,11,13-14H2,1-2H3,(H,23,27). The number of carbonyl (C=O) groups excluding carboxylic acids is 3. The molecule has 0 saturated heterocycles. The second kappa shape index (κ2) is 12.6. The van der Waals surface area contributed by atoms with Gasteiger partial charge in [0.15, 0.2) is 5.17 Å². The summed E-state index contributed by atoms with van der Waals surface area (Å²) < 4.78 is 5.22. The third kappa shape index (κ3) is 7.65. The van der Waals surface area contributed by atoms with Crippen LogP contribution in [0.3, 0.4) is 0 Å². The number of methoxy groups -OCH3 is 1. The summed E-state index contributed by atoms with van der Waals surface area (Å²) in [5.41, 5.74) is 0.456. The van der Waals surface area contributed by atoms with Crippen LogP contribution < -0.4 is 10.1 Å². The first-order valence-corrected chi connectivity index (χ1v) is 11.5. The number of amides is 3. The van der Waals surface area contributed by atoms with E-state index < -0.39 is 5.91 Å². The van der Waals surface area contributed by atoms with E-state index in [2.05, 4.69) is 17.2 Å². The fourth-order valence-electron chi connectivity index (χ4n) is 3.01. The molecule has 1 N–H and O–H groups in total. The monoisotopic (exact) mass is 453 g/mol. The number of hydrogen-bond donors (Lipinski definition) is 1. The van der Waals surface area contributed by atoms with Gasteiger partial charge in [-0.1, -0.05) is 62.4 Å². The number of hydrogen-bond acceptors (Lipinski definition) is 5. The Hall–Kier alpha value is -2.06. The molecule has 2 rings (SSSR count). The summed E-state index contributed by atoms with van der Waals surface area (Å²) in [4.78, 5) is 42.0. The summed E-state index contributed by atoms with van der Waals surface area (Å²) in [6.07, 6.45) is 6.35. The van der Waals surface area contributed by atoms with Crippen LogP contribution in [0.4, 0.5) is 5.69 Å². The zero-order valence-corrected chi connectivity index (χ0v) is 19.0. The minimum atomic E-state index is -0.474. The van der Waals surface area contributed by atoms with Gasteiger partial charge >= 0.3 is 0 Å². The van der Waals surface area contributed by atoms with Crippen molar-refractivity contribution in [1.29, 1.82) is 0 Å². The van der Waals surface area contributed by atoms with Crippen molar-refractivity contribution in [2.75, 3.05) is 24.7 Å². The van der Waals surface area contributed by atoms with Crippen molar-refractivity contribution in [2.45, 2.75) is 51.9 Å². The van der Waals surface area contributed by atoms with E-state index in [-0.39, 0.29) is 29.2 Å². The number of carbonyl (C=O) groups is 3. The molecule has 0 saturated carbocycles. The van der Waals surface area contributed by atoms with Crippen molar-refractivity contribution in [1.82, 2.24) is 4.90 Å². The fraction of sp³-hybridized carbons (Fsp3) is 0.524. The molecule has 0 aliphatic carbocycles. The Morgan fingerprint density at radius 2 is 1.97 bits per heavy atom. The molecule has 0 bridgehead atoms. The summed E-state index contributed by atoms with van der Waals surface area (Å²) >= 11 is 7.06. The Bertz CT molecular complexity index is 800.